The number of nitrogens with one attached hydrogen (secondary N) is 1. The number of rotatable bonds is 3. The van der Waals surface area contributed by atoms with Crippen LogP contribution < -0.4 is 5.32 Å². The second-order valence-electron chi connectivity index (χ2n) is 4.82. The lowest BCUT2D eigenvalue weighted by Gasteiger charge is -2.12. The lowest BCUT2D eigenvalue weighted by molar-refractivity contribution is -0.137. The molecule has 0 unspecified atom stereocenters. The van der Waals surface area contributed by atoms with Crippen molar-refractivity contribution in [1.29, 1.82) is 0 Å². The van der Waals surface area contributed by atoms with E-state index in [2.05, 4.69) is 15.3 Å². The first-order valence-electron chi connectivity index (χ1n) is 6.75. The monoisotopic (exact) mass is 357 g/mol. The van der Waals surface area contributed by atoms with Gasteiger partial charge in [0.1, 0.15) is 17.0 Å². The third-order valence-electron chi connectivity index (χ3n) is 3.26. The SMILES string of the molecule is CCc1cc2c(Nc3ccc(Cl)c(C(F)(F)F)c3)ncnc2s1. The summed E-state index contributed by atoms with van der Waals surface area (Å²) in [5.74, 6) is 0.474. The fourth-order valence-corrected chi connectivity index (χ4v) is 3.30. The highest BCUT2D eigenvalue weighted by molar-refractivity contribution is 7.18. The molecule has 0 fully saturated rings. The summed E-state index contributed by atoms with van der Waals surface area (Å²) in [6.45, 7) is 2.03. The molecular weight excluding hydrogens is 347 g/mol. The van der Waals surface area contributed by atoms with Crippen molar-refractivity contribution in [2.75, 3.05) is 5.32 Å². The first kappa shape index (κ1) is 16.0. The summed E-state index contributed by atoms with van der Waals surface area (Å²) in [4.78, 5) is 10.3. The molecule has 8 heteroatoms. The van der Waals surface area contributed by atoms with Gasteiger partial charge in [0.25, 0.3) is 0 Å². The molecule has 0 saturated carbocycles. The van der Waals surface area contributed by atoms with Crippen molar-refractivity contribution in [3.8, 4) is 0 Å². The van der Waals surface area contributed by atoms with Gasteiger partial charge in [0.05, 0.1) is 16.0 Å². The Balaban J connectivity index is 2.01. The van der Waals surface area contributed by atoms with E-state index in [-0.39, 0.29) is 10.7 Å². The van der Waals surface area contributed by atoms with E-state index in [0.29, 0.717) is 5.82 Å². The summed E-state index contributed by atoms with van der Waals surface area (Å²) < 4.78 is 38.8. The number of benzene rings is 1. The first-order chi connectivity index (χ1) is 10.9. The molecule has 0 aliphatic carbocycles. The smallest absolute Gasteiger partial charge is 0.340 e. The quantitative estimate of drug-likeness (QED) is 0.656. The first-order valence-corrected chi connectivity index (χ1v) is 7.95. The standard InChI is InChI=1S/C15H11ClF3N3S/c1-2-9-6-10-13(20-7-21-14(10)23-9)22-8-3-4-12(16)11(5-8)15(17,18)19/h3-7H,2H2,1H3,(H,20,21,22). The Bertz CT molecular complexity index is 861. The summed E-state index contributed by atoms with van der Waals surface area (Å²) in [6.07, 6.45) is -2.26. The summed E-state index contributed by atoms with van der Waals surface area (Å²) in [6, 6.07) is 5.63. The largest absolute Gasteiger partial charge is 0.417 e. The Kier molecular flexibility index (Phi) is 4.16. The van der Waals surface area contributed by atoms with Gasteiger partial charge >= 0.3 is 6.18 Å². The third-order valence-corrected chi connectivity index (χ3v) is 4.78. The maximum absolute atomic E-state index is 12.9. The van der Waals surface area contributed by atoms with E-state index in [1.54, 1.807) is 0 Å². The van der Waals surface area contributed by atoms with Crippen LogP contribution in [0.1, 0.15) is 17.4 Å². The molecule has 2 heterocycles. The van der Waals surface area contributed by atoms with E-state index >= 15 is 0 Å². The average molecular weight is 358 g/mol. The summed E-state index contributed by atoms with van der Waals surface area (Å²) in [5.41, 5.74) is -0.611. The number of aromatic nitrogens is 2. The number of nitrogens with zero attached hydrogens (tertiary/aromatic N) is 2. The Morgan fingerprint density at radius 3 is 2.70 bits per heavy atom. The Hall–Kier alpha value is -1.86. The second-order valence-corrected chi connectivity index (χ2v) is 6.35. The number of aryl methyl sites for hydroxylation is 1. The van der Waals surface area contributed by atoms with Crippen LogP contribution >= 0.6 is 22.9 Å². The number of anilines is 2. The van der Waals surface area contributed by atoms with Crippen LogP contribution in [-0.2, 0) is 12.6 Å². The minimum atomic E-state index is -4.51. The van der Waals surface area contributed by atoms with Crippen LogP contribution in [0.2, 0.25) is 5.02 Å². The fraction of sp³-hybridized carbons (Fsp3) is 0.200. The van der Waals surface area contributed by atoms with E-state index in [9.17, 15) is 13.2 Å². The zero-order valence-electron chi connectivity index (χ0n) is 11.9. The maximum Gasteiger partial charge on any atom is 0.417 e. The van der Waals surface area contributed by atoms with Crippen molar-refractivity contribution in [3.63, 3.8) is 0 Å². The van der Waals surface area contributed by atoms with Crippen LogP contribution in [0.4, 0.5) is 24.7 Å². The Morgan fingerprint density at radius 1 is 1.22 bits per heavy atom. The summed E-state index contributed by atoms with van der Waals surface area (Å²) in [5, 5.41) is 3.38. The molecule has 3 nitrogen and oxygen atoms in total. The number of fused-ring (bicyclic) bond motifs is 1. The molecule has 0 aliphatic heterocycles. The number of halogens is 4. The fourth-order valence-electron chi connectivity index (χ4n) is 2.14. The van der Waals surface area contributed by atoms with Crippen molar-refractivity contribution in [3.05, 3.63) is 46.1 Å². The van der Waals surface area contributed by atoms with Crippen molar-refractivity contribution < 1.29 is 13.2 Å². The summed E-state index contributed by atoms with van der Waals surface area (Å²) in [7, 11) is 0. The van der Waals surface area contributed by atoms with Crippen molar-refractivity contribution in [2.24, 2.45) is 0 Å². The summed E-state index contributed by atoms with van der Waals surface area (Å²) >= 11 is 7.17. The molecule has 120 valence electrons. The predicted octanol–water partition coefficient (Wildman–Crippen LogP) is 5.67. The molecule has 23 heavy (non-hydrogen) atoms. The van der Waals surface area contributed by atoms with Gasteiger partial charge in [-0.25, -0.2) is 9.97 Å². The van der Waals surface area contributed by atoms with Gasteiger partial charge in [-0.3, -0.25) is 0 Å². The zero-order valence-corrected chi connectivity index (χ0v) is 13.5. The van der Waals surface area contributed by atoms with E-state index in [1.165, 1.54) is 29.8 Å². The van der Waals surface area contributed by atoms with Crippen LogP contribution in [-0.4, -0.2) is 9.97 Å². The molecule has 1 aromatic carbocycles. The molecule has 0 spiro atoms. The van der Waals surface area contributed by atoms with E-state index in [1.807, 2.05) is 13.0 Å². The maximum atomic E-state index is 12.9. The normalized spacial score (nSPS) is 11.9. The van der Waals surface area contributed by atoms with Gasteiger partial charge in [-0.2, -0.15) is 13.2 Å². The molecule has 0 aliphatic rings. The lowest BCUT2D eigenvalue weighted by Crippen LogP contribution is -2.06. The number of hydrogen-bond acceptors (Lipinski definition) is 4. The van der Waals surface area contributed by atoms with Gasteiger partial charge in [-0.1, -0.05) is 18.5 Å². The predicted molar refractivity (Wildman–Crippen MR) is 86.5 cm³/mol. The van der Waals surface area contributed by atoms with E-state index in [0.717, 1.165) is 27.6 Å². The third kappa shape index (κ3) is 3.25. The minimum absolute atomic E-state index is 0.269. The molecule has 0 atom stereocenters. The van der Waals surface area contributed by atoms with Crippen LogP contribution in [0.5, 0.6) is 0 Å². The molecular formula is C15H11ClF3N3S. The molecule has 2 aromatic heterocycles. The van der Waals surface area contributed by atoms with Gasteiger partial charge in [-0.05, 0) is 30.7 Å². The molecule has 0 bridgehead atoms. The topological polar surface area (TPSA) is 37.8 Å². The van der Waals surface area contributed by atoms with Crippen LogP contribution in [0.15, 0.2) is 30.6 Å². The van der Waals surface area contributed by atoms with Crippen LogP contribution in [0.25, 0.3) is 10.2 Å². The number of alkyl halides is 3. The number of hydrogen-bond donors (Lipinski definition) is 1. The van der Waals surface area contributed by atoms with E-state index < -0.39 is 11.7 Å². The molecule has 0 amide bonds. The van der Waals surface area contributed by atoms with E-state index in [4.69, 9.17) is 11.6 Å². The number of thiophene rings is 1. The molecule has 3 rings (SSSR count). The van der Waals surface area contributed by atoms with Gasteiger partial charge in [0.15, 0.2) is 0 Å². The van der Waals surface area contributed by atoms with Gasteiger partial charge in [0.2, 0.25) is 0 Å². The van der Waals surface area contributed by atoms with Gasteiger partial charge in [-0.15, -0.1) is 11.3 Å². The van der Waals surface area contributed by atoms with Crippen LogP contribution in [0.3, 0.4) is 0 Å². The highest BCUT2D eigenvalue weighted by Crippen LogP contribution is 2.37. The zero-order chi connectivity index (χ0) is 16.6. The van der Waals surface area contributed by atoms with Crippen molar-refractivity contribution >= 4 is 44.7 Å². The Morgan fingerprint density at radius 2 is 2.00 bits per heavy atom. The average Bonchev–Trinajstić information content (AvgIpc) is 2.92. The molecule has 0 saturated heterocycles. The van der Waals surface area contributed by atoms with Crippen LogP contribution in [0, 0.1) is 0 Å². The van der Waals surface area contributed by atoms with Gasteiger partial charge < -0.3 is 5.32 Å². The molecule has 0 radical (unpaired) electrons. The highest BCUT2D eigenvalue weighted by atomic mass is 35.5. The molecule has 1 N–H and O–H groups in total. The van der Waals surface area contributed by atoms with Crippen molar-refractivity contribution in [2.45, 2.75) is 19.5 Å². The highest BCUT2D eigenvalue weighted by Gasteiger charge is 2.33. The minimum Gasteiger partial charge on any atom is -0.340 e. The Labute approximate surface area is 139 Å². The van der Waals surface area contributed by atoms with Crippen molar-refractivity contribution in [1.82, 2.24) is 9.97 Å². The molecule has 3 aromatic rings. The second kappa shape index (κ2) is 5.98. The van der Waals surface area contributed by atoms with Gasteiger partial charge in [0, 0.05) is 10.6 Å². The lowest BCUT2D eigenvalue weighted by atomic mass is 10.2.